The lowest BCUT2D eigenvalue weighted by molar-refractivity contribution is -0.113. The average molecular weight is 293 g/mol. The summed E-state index contributed by atoms with van der Waals surface area (Å²) >= 11 is 1.52. The fourth-order valence-electron chi connectivity index (χ4n) is 2.69. The minimum Gasteiger partial charge on any atom is -0.392 e. The molecule has 0 radical (unpaired) electrons. The van der Waals surface area contributed by atoms with Crippen molar-refractivity contribution in [3.05, 3.63) is 17.8 Å². The highest BCUT2D eigenvalue weighted by molar-refractivity contribution is 8.00. The second kappa shape index (κ2) is 6.11. The first-order chi connectivity index (χ1) is 9.72. The molecule has 1 unspecified atom stereocenters. The van der Waals surface area contributed by atoms with Crippen molar-refractivity contribution in [1.82, 2.24) is 10.3 Å². The number of aromatic nitrogens is 1. The first-order valence-electron chi connectivity index (χ1n) is 7.06. The van der Waals surface area contributed by atoms with Gasteiger partial charge in [0.2, 0.25) is 5.91 Å². The molecule has 1 saturated carbocycles. The first-order valence-corrected chi connectivity index (χ1v) is 8.05. The molecule has 1 amide bonds. The van der Waals surface area contributed by atoms with Crippen LogP contribution in [0.4, 0.5) is 5.82 Å². The van der Waals surface area contributed by atoms with E-state index in [-0.39, 0.29) is 18.1 Å². The minimum atomic E-state index is -0.253. The molecule has 5 nitrogen and oxygen atoms in total. The van der Waals surface area contributed by atoms with Gasteiger partial charge >= 0.3 is 0 Å². The van der Waals surface area contributed by atoms with E-state index in [1.54, 1.807) is 0 Å². The van der Waals surface area contributed by atoms with Gasteiger partial charge < -0.3 is 15.7 Å². The molecule has 3 rings (SSSR count). The van der Waals surface area contributed by atoms with Crippen molar-refractivity contribution in [2.75, 3.05) is 11.1 Å². The Labute approximate surface area is 122 Å². The van der Waals surface area contributed by atoms with Gasteiger partial charge in [0.25, 0.3) is 0 Å². The molecule has 1 fully saturated rings. The smallest absolute Gasteiger partial charge is 0.235 e. The van der Waals surface area contributed by atoms with Gasteiger partial charge in [0.1, 0.15) is 5.82 Å². The van der Waals surface area contributed by atoms with Crippen molar-refractivity contribution >= 4 is 23.5 Å². The molecule has 2 aliphatic rings. The Hall–Kier alpha value is -1.11. The highest BCUT2D eigenvalue weighted by Crippen LogP contribution is 2.29. The number of carbonyl (C=O) groups excluding carboxylic acids is 1. The van der Waals surface area contributed by atoms with E-state index in [0.29, 0.717) is 18.1 Å². The van der Waals surface area contributed by atoms with Crippen molar-refractivity contribution in [3.8, 4) is 0 Å². The number of rotatable bonds is 3. The van der Waals surface area contributed by atoms with Crippen molar-refractivity contribution in [2.45, 2.75) is 49.3 Å². The van der Waals surface area contributed by atoms with Gasteiger partial charge in [0.05, 0.1) is 22.4 Å². The summed E-state index contributed by atoms with van der Waals surface area (Å²) in [6.07, 6.45) is 3.91. The maximum atomic E-state index is 11.4. The Kier molecular flexibility index (Phi) is 4.24. The molecule has 3 N–H and O–H groups in total. The van der Waals surface area contributed by atoms with Crippen LogP contribution in [0, 0.1) is 0 Å². The van der Waals surface area contributed by atoms with Gasteiger partial charge in [-0.05, 0) is 25.0 Å². The summed E-state index contributed by atoms with van der Waals surface area (Å²) in [4.78, 5) is 16.9. The normalized spacial score (nSPS) is 25.9. The molecule has 2 heterocycles. The molecular weight excluding hydrogens is 274 g/mol. The Bertz CT molecular complexity index is 509. The van der Waals surface area contributed by atoms with Gasteiger partial charge in [-0.2, -0.15) is 0 Å². The quantitative estimate of drug-likeness (QED) is 0.788. The van der Waals surface area contributed by atoms with E-state index < -0.39 is 0 Å². The molecule has 2 atom stereocenters. The van der Waals surface area contributed by atoms with E-state index in [9.17, 15) is 9.90 Å². The number of amides is 1. The maximum absolute atomic E-state index is 11.4. The van der Waals surface area contributed by atoms with Crippen LogP contribution in [0.25, 0.3) is 0 Å². The number of fused-ring (bicyclic) bond motifs is 1. The number of aliphatic hydroxyl groups is 1. The monoisotopic (exact) mass is 293 g/mol. The molecule has 0 saturated heterocycles. The van der Waals surface area contributed by atoms with Gasteiger partial charge in [0.15, 0.2) is 0 Å². The number of hydrogen-bond acceptors (Lipinski definition) is 5. The zero-order chi connectivity index (χ0) is 13.9. The van der Waals surface area contributed by atoms with Crippen molar-refractivity contribution < 1.29 is 9.90 Å². The van der Waals surface area contributed by atoms with Crippen LogP contribution in [0.1, 0.15) is 31.4 Å². The fraction of sp³-hybridized carbons (Fsp3) is 0.571. The van der Waals surface area contributed by atoms with Crippen LogP contribution >= 0.6 is 11.8 Å². The lowest BCUT2D eigenvalue weighted by Crippen LogP contribution is -2.41. The van der Waals surface area contributed by atoms with Crippen LogP contribution in [0.15, 0.2) is 17.0 Å². The zero-order valence-electron chi connectivity index (χ0n) is 11.3. The number of nitrogens with zero attached hydrogens (tertiary/aromatic N) is 1. The third kappa shape index (κ3) is 3.13. The van der Waals surface area contributed by atoms with E-state index >= 15 is 0 Å². The molecule has 1 aliphatic carbocycles. The summed E-state index contributed by atoms with van der Waals surface area (Å²) in [6, 6.07) is 4.14. The zero-order valence-corrected chi connectivity index (χ0v) is 12.1. The van der Waals surface area contributed by atoms with E-state index in [1.165, 1.54) is 18.2 Å². The highest BCUT2D eigenvalue weighted by atomic mass is 32.2. The van der Waals surface area contributed by atoms with Crippen LogP contribution in [0.2, 0.25) is 0 Å². The van der Waals surface area contributed by atoms with Gasteiger partial charge in [-0.25, -0.2) is 4.98 Å². The molecular formula is C14H19N3O2S. The number of thioether (sulfide) groups is 1. The number of anilines is 1. The number of pyridine rings is 1. The van der Waals surface area contributed by atoms with Gasteiger partial charge in [-0.15, -0.1) is 11.8 Å². The molecule has 0 aromatic carbocycles. The molecule has 0 bridgehead atoms. The average Bonchev–Trinajstić information content (AvgIpc) is 2.46. The lowest BCUT2D eigenvalue weighted by Gasteiger charge is -2.28. The topological polar surface area (TPSA) is 74.2 Å². The highest BCUT2D eigenvalue weighted by Gasteiger charge is 2.22. The van der Waals surface area contributed by atoms with Crippen LogP contribution in [0.3, 0.4) is 0 Å². The van der Waals surface area contributed by atoms with E-state index in [0.717, 1.165) is 29.9 Å². The first kappa shape index (κ1) is 13.9. The van der Waals surface area contributed by atoms with Gasteiger partial charge in [-0.3, -0.25) is 4.79 Å². The molecule has 20 heavy (non-hydrogen) atoms. The summed E-state index contributed by atoms with van der Waals surface area (Å²) < 4.78 is 0. The Morgan fingerprint density at radius 2 is 2.25 bits per heavy atom. The standard InChI is InChI=1S/C14H19N3O2S/c18-11-4-2-1-3-10(11)15-7-9-5-6-12-14(16-9)17-13(19)8-20-12/h5-6,10-11,15,18H,1-4,7-8H2,(H,16,17,19)/t10-,11?/m0/s1. The number of aliphatic hydroxyl groups excluding tert-OH is 1. The summed E-state index contributed by atoms with van der Waals surface area (Å²) in [5.41, 5.74) is 0.893. The van der Waals surface area contributed by atoms with E-state index in [4.69, 9.17) is 0 Å². The predicted molar refractivity (Wildman–Crippen MR) is 78.7 cm³/mol. The Morgan fingerprint density at radius 3 is 3.10 bits per heavy atom. The fourth-order valence-corrected chi connectivity index (χ4v) is 3.44. The van der Waals surface area contributed by atoms with Crippen molar-refractivity contribution in [3.63, 3.8) is 0 Å². The van der Waals surface area contributed by atoms with Crippen molar-refractivity contribution in [1.29, 1.82) is 0 Å². The molecule has 0 spiro atoms. The molecule has 108 valence electrons. The summed E-state index contributed by atoms with van der Waals surface area (Å²) in [5, 5.41) is 16.1. The van der Waals surface area contributed by atoms with Crippen LogP contribution in [0.5, 0.6) is 0 Å². The van der Waals surface area contributed by atoms with Gasteiger partial charge in [0, 0.05) is 12.6 Å². The van der Waals surface area contributed by atoms with Crippen molar-refractivity contribution in [2.24, 2.45) is 0 Å². The van der Waals surface area contributed by atoms with E-state index in [2.05, 4.69) is 15.6 Å². The third-order valence-corrected chi connectivity index (χ3v) is 4.85. The number of nitrogens with one attached hydrogen (secondary N) is 2. The molecule has 6 heteroatoms. The summed E-state index contributed by atoms with van der Waals surface area (Å²) in [6.45, 7) is 0.621. The largest absolute Gasteiger partial charge is 0.392 e. The third-order valence-electron chi connectivity index (χ3n) is 3.81. The van der Waals surface area contributed by atoms with Crippen LogP contribution in [-0.4, -0.2) is 33.9 Å². The summed E-state index contributed by atoms with van der Waals surface area (Å²) in [7, 11) is 0. The molecule has 1 aromatic heterocycles. The molecule has 1 aromatic rings. The second-order valence-corrected chi connectivity index (χ2v) is 6.34. The van der Waals surface area contributed by atoms with Gasteiger partial charge in [-0.1, -0.05) is 12.8 Å². The number of hydrogen-bond donors (Lipinski definition) is 3. The predicted octanol–water partition coefficient (Wildman–Crippen LogP) is 1.52. The maximum Gasteiger partial charge on any atom is 0.235 e. The number of carbonyl (C=O) groups is 1. The lowest BCUT2D eigenvalue weighted by atomic mass is 9.92. The summed E-state index contributed by atoms with van der Waals surface area (Å²) in [5.74, 6) is 1.12. The second-order valence-electron chi connectivity index (χ2n) is 5.33. The van der Waals surface area contributed by atoms with E-state index in [1.807, 2.05) is 12.1 Å². The Morgan fingerprint density at radius 1 is 1.40 bits per heavy atom. The SMILES string of the molecule is O=C1CSc2ccc(CN[C@H]3CCCCC3O)nc2N1. The Balaban J connectivity index is 1.63. The minimum absolute atomic E-state index is 0.00260. The van der Waals surface area contributed by atoms with Crippen LogP contribution in [-0.2, 0) is 11.3 Å². The molecule has 1 aliphatic heterocycles. The van der Waals surface area contributed by atoms with Crippen LogP contribution < -0.4 is 10.6 Å².